The highest BCUT2D eigenvalue weighted by Crippen LogP contribution is 2.14. The summed E-state index contributed by atoms with van der Waals surface area (Å²) in [6.07, 6.45) is 3.38. The van der Waals surface area contributed by atoms with E-state index < -0.39 is 0 Å². The van der Waals surface area contributed by atoms with E-state index in [0.717, 1.165) is 28.6 Å². The first-order valence-electron chi connectivity index (χ1n) is 9.53. The summed E-state index contributed by atoms with van der Waals surface area (Å²) in [5.74, 6) is 0.615. The molecule has 1 aromatic heterocycles. The zero-order valence-electron chi connectivity index (χ0n) is 16.0. The van der Waals surface area contributed by atoms with Crippen LogP contribution in [0.1, 0.15) is 28.8 Å². The van der Waals surface area contributed by atoms with Gasteiger partial charge in [-0.05, 0) is 64.7 Å². The Hall–Kier alpha value is -2.86. The van der Waals surface area contributed by atoms with Gasteiger partial charge in [-0.15, -0.1) is 0 Å². The number of aromatic nitrogens is 1. The number of carbonyl (C=O) groups is 1. The normalized spacial score (nSPS) is 10.5. The van der Waals surface area contributed by atoms with Gasteiger partial charge < -0.3 is 14.6 Å². The molecular weight excluding hydrogens is 432 g/mol. The molecule has 0 aliphatic heterocycles. The standard InChI is InChI=1S/C23H23BrN2O3/c24-20-10-13-22(27)26(16-20)15-5-4-14-25-23(28)19-8-11-21(12-9-19)29-17-18-6-2-1-3-7-18/h1-3,6-13,16H,4-5,14-15,17H2,(H,25,28). The lowest BCUT2D eigenvalue weighted by atomic mass is 10.2. The predicted octanol–water partition coefficient (Wildman–Crippen LogP) is 4.40. The summed E-state index contributed by atoms with van der Waals surface area (Å²) in [5, 5.41) is 2.91. The predicted molar refractivity (Wildman–Crippen MR) is 117 cm³/mol. The SMILES string of the molecule is O=C(NCCCCn1cc(Br)ccc1=O)c1ccc(OCc2ccccc2)cc1. The van der Waals surface area contributed by atoms with Crippen molar-refractivity contribution in [2.45, 2.75) is 26.0 Å². The number of rotatable bonds is 9. The molecule has 0 bridgehead atoms. The molecule has 0 spiro atoms. The second-order valence-electron chi connectivity index (χ2n) is 6.64. The van der Waals surface area contributed by atoms with Crippen LogP contribution in [0.25, 0.3) is 0 Å². The topological polar surface area (TPSA) is 60.3 Å². The van der Waals surface area contributed by atoms with E-state index in [-0.39, 0.29) is 11.5 Å². The first-order chi connectivity index (χ1) is 14.1. The van der Waals surface area contributed by atoms with Crippen LogP contribution in [0.3, 0.4) is 0 Å². The van der Waals surface area contributed by atoms with Gasteiger partial charge in [0.15, 0.2) is 0 Å². The fourth-order valence-electron chi connectivity index (χ4n) is 2.83. The Balaban J connectivity index is 1.39. The van der Waals surface area contributed by atoms with E-state index >= 15 is 0 Å². The second-order valence-corrected chi connectivity index (χ2v) is 7.56. The minimum atomic E-state index is -0.112. The summed E-state index contributed by atoms with van der Waals surface area (Å²) >= 11 is 3.36. The molecule has 0 saturated heterocycles. The van der Waals surface area contributed by atoms with Crippen LogP contribution in [0.2, 0.25) is 0 Å². The summed E-state index contributed by atoms with van der Waals surface area (Å²) < 4.78 is 8.28. The Morgan fingerprint density at radius 1 is 0.966 bits per heavy atom. The van der Waals surface area contributed by atoms with Crippen molar-refractivity contribution in [1.29, 1.82) is 0 Å². The van der Waals surface area contributed by atoms with E-state index in [1.54, 1.807) is 47.2 Å². The van der Waals surface area contributed by atoms with Gasteiger partial charge in [-0.25, -0.2) is 0 Å². The molecule has 29 heavy (non-hydrogen) atoms. The number of nitrogens with one attached hydrogen (secondary N) is 1. The molecule has 3 aromatic rings. The van der Waals surface area contributed by atoms with Gasteiger partial charge in [-0.3, -0.25) is 9.59 Å². The van der Waals surface area contributed by atoms with Crippen molar-refractivity contribution in [2.75, 3.05) is 6.54 Å². The van der Waals surface area contributed by atoms with Crippen LogP contribution in [0.4, 0.5) is 0 Å². The number of aryl methyl sites for hydroxylation is 1. The smallest absolute Gasteiger partial charge is 0.251 e. The quantitative estimate of drug-likeness (QED) is 0.487. The fraction of sp³-hybridized carbons (Fsp3) is 0.217. The van der Waals surface area contributed by atoms with Crippen molar-refractivity contribution in [3.63, 3.8) is 0 Å². The average Bonchev–Trinajstić information content (AvgIpc) is 2.75. The van der Waals surface area contributed by atoms with E-state index in [1.807, 2.05) is 30.3 Å². The van der Waals surface area contributed by atoms with Crippen LogP contribution in [0.5, 0.6) is 5.75 Å². The maximum atomic E-state index is 12.3. The zero-order chi connectivity index (χ0) is 20.5. The van der Waals surface area contributed by atoms with Gasteiger partial charge >= 0.3 is 0 Å². The second kappa shape index (κ2) is 10.6. The van der Waals surface area contributed by atoms with Crippen LogP contribution < -0.4 is 15.6 Å². The molecule has 150 valence electrons. The number of unbranched alkanes of at least 4 members (excludes halogenated alkanes) is 1. The molecule has 0 aliphatic rings. The van der Waals surface area contributed by atoms with Crippen LogP contribution in [0.15, 0.2) is 82.2 Å². The number of hydrogen-bond donors (Lipinski definition) is 1. The number of carbonyl (C=O) groups excluding carboxylic acids is 1. The molecule has 0 atom stereocenters. The molecular formula is C23H23BrN2O3. The lowest BCUT2D eigenvalue weighted by molar-refractivity contribution is 0.0953. The highest BCUT2D eigenvalue weighted by atomic mass is 79.9. The largest absolute Gasteiger partial charge is 0.489 e. The van der Waals surface area contributed by atoms with E-state index in [4.69, 9.17) is 4.74 Å². The van der Waals surface area contributed by atoms with Crippen LogP contribution >= 0.6 is 15.9 Å². The van der Waals surface area contributed by atoms with Gasteiger partial charge in [0, 0.05) is 35.4 Å². The highest BCUT2D eigenvalue weighted by molar-refractivity contribution is 9.10. The van der Waals surface area contributed by atoms with Gasteiger partial charge in [0.25, 0.3) is 11.5 Å². The first kappa shape index (κ1) is 20.9. The lowest BCUT2D eigenvalue weighted by Crippen LogP contribution is -2.25. The maximum absolute atomic E-state index is 12.3. The molecule has 6 heteroatoms. The Morgan fingerprint density at radius 2 is 1.72 bits per heavy atom. The lowest BCUT2D eigenvalue weighted by Gasteiger charge is -2.09. The van der Waals surface area contributed by atoms with Gasteiger partial charge in [0.1, 0.15) is 12.4 Å². The molecule has 0 fully saturated rings. The fourth-order valence-corrected chi connectivity index (χ4v) is 3.21. The van der Waals surface area contributed by atoms with Crippen molar-refractivity contribution in [3.05, 3.63) is 98.9 Å². The number of ether oxygens (including phenoxy) is 1. The van der Waals surface area contributed by atoms with Crippen LogP contribution in [-0.2, 0) is 13.2 Å². The number of nitrogens with zero attached hydrogens (tertiary/aromatic N) is 1. The van der Waals surface area contributed by atoms with Crippen molar-refractivity contribution in [1.82, 2.24) is 9.88 Å². The first-order valence-corrected chi connectivity index (χ1v) is 10.3. The summed E-state index contributed by atoms with van der Waals surface area (Å²) in [4.78, 5) is 24.0. The molecule has 1 amide bonds. The third-order valence-corrected chi connectivity index (χ3v) is 4.89. The third kappa shape index (κ3) is 6.61. The van der Waals surface area contributed by atoms with E-state index in [9.17, 15) is 9.59 Å². The van der Waals surface area contributed by atoms with Crippen molar-refractivity contribution in [2.24, 2.45) is 0 Å². The molecule has 3 rings (SSSR count). The molecule has 1 N–H and O–H groups in total. The number of benzene rings is 2. The highest BCUT2D eigenvalue weighted by Gasteiger charge is 2.05. The van der Waals surface area contributed by atoms with E-state index in [2.05, 4.69) is 21.2 Å². The van der Waals surface area contributed by atoms with Crippen LogP contribution in [0, 0.1) is 0 Å². The monoisotopic (exact) mass is 454 g/mol. The van der Waals surface area contributed by atoms with Crippen molar-refractivity contribution >= 4 is 21.8 Å². The molecule has 0 unspecified atom stereocenters. The Labute approximate surface area is 178 Å². The van der Waals surface area contributed by atoms with E-state index in [1.165, 1.54) is 0 Å². The number of pyridine rings is 1. The number of halogens is 1. The molecule has 2 aromatic carbocycles. The van der Waals surface area contributed by atoms with Crippen LogP contribution in [-0.4, -0.2) is 17.0 Å². The summed E-state index contributed by atoms with van der Waals surface area (Å²) in [6.45, 7) is 1.68. The van der Waals surface area contributed by atoms with Crippen molar-refractivity contribution in [3.8, 4) is 5.75 Å². The molecule has 0 radical (unpaired) electrons. The minimum absolute atomic E-state index is 0.0215. The molecule has 5 nitrogen and oxygen atoms in total. The Bertz CT molecular complexity index is 985. The number of hydrogen-bond acceptors (Lipinski definition) is 3. The summed E-state index contributed by atoms with van der Waals surface area (Å²) in [7, 11) is 0. The number of amides is 1. The minimum Gasteiger partial charge on any atom is -0.489 e. The van der Waals surface area contributed by atoms with Crippen molar-refractivity contribution < 1.29 is 9.53 Å². The van der Waals surface area contributed by atoms with Gasteiger partial charge in [-0.1, -0.05) is 30.3 Å². The summed E-state index contributed by atoms with van der Waals surface area (Å²) in [6, 6.07) is 20.3. The maximum Gasteiger partial charge on any atom is 0.251 e. The average molecular weight is 455 g/mol. The molecule has 0 saturated carbocycles. The van der Waals surface area contributed by atoms with Gasteiger partial charge in [-0.2, -0.15) is 0 Å². The third-order valence-electron chi connectivity index (χ3n) is 4.42. The Kier molecular flexibility index (Phi) is 7.64. The van der Waals surface area contributed by atoms with Gasteiger partial charge in [0.05, 0.1) is 0 Å². The van der Waals surface area contributed by atoms with Gasteiger partial charge in [0.2, 0.25) is 0 Å². The molecule has 0 aliphatic carbocycles. The zero-order valence-corrected chi connectivity index (χ0v) is 17.6. The summed E-state index contributed by atoms with van der Waals surface area (Å²) in [5.41, 5.74) is 1.67. The Morgan fingerprint density at radius 3 is 2.48 bits per heavy atom. The molecule has 1 heterocycles. The van der Waals surface area contributed by atoms with E-state index in [0.29, 0.717) is 25.3 Å².